The van der Waals surface area contributed by atoms with Crippen LogP contribution < -0.4 is 9.47 Å². The zero-order valence-corrected chi connectivity index (χ0v) is 16.7. The Hall–Kier alpha value is -2.51. The maximum atomic E-state index is 12.6. The highest BCUT2D eigenvalue weighted by Gasteiger charge is 2.31. The molecule has 0 spiro atoms. The molecule has 27 heavy (non-hydrogen) atoms. The second-order valence-corrected chi connectivity index (χ2v) is 7.96. The predicted octanol–water partition coefficient (Wildman–Crippen LogP) is 4.21. The number of carbonyl (C=O) groups is 1. The first-order valence-electron chi connectivity index (χ1n) is 8.45. The van der Waals surface area contributed by atoms with Crippen molar-refractivity contribution in [2.75, 3.05) is 13.3 Å². The normalized spacial score (nSPS) is 17.3. The molecule has 2 aromatic rings. The number of carbonyl (C=O) groups excluding carboxylic acids is 1. The highest BCUT2D eigenvalue weighted by molar-refractivity contribution is 8.26. The van der Waals surface area contributed by atoms with E-state index in [1.54, 1.807) is 11.0 Å². The maximum absolute atomic E-state index is 12.6. The van der Waals surface area contributed by atoms with Crippen molar-refractivity contribution < 1.29 is 14.3 Å². The molecule has 1 fully saturated rings. The summed E-state index contributed by atoms with van der Waals surface area (Å²) in [4.78, 5) is 14.8. The topological polar surface area (TPSA) is 43.7 Å². The fourth-order valence-corrected chi connectivity index (χ4v) is 4.55. The summed E-state index contributed by atoms with van der Waals surface area (Å²) < 4.78 is 13.6. The Kier molecular flexibility index (Phi) is 4.57. The van der Waals surface area contributed by atoms with Crippen LogP contribution in [0.5, 0.6) is 11.5 Å². The smallest absolute Gasteiger partial charge is 0.266 e. The van der Waals surface area contributed by atoms with E-state index in [4.69, 9.17) is 21.7 Å². The van der Waals surface area contributed by atoms with Gasteiger partial charge in [-0.05, 0) is 43.7 Å². The molecule has 0 radical (unpaired) electrons. The monoisotopic (exact) mass is 398 g/mol. The number of hydrogen-bond donors (Lipinski definition) is 0. The summed E-state index contributed by atoms with van der Waals surface area (Å²) in [6.45, 7) is 8.44. The molecule has 138 valence electrons. The number of hydrogen-bond acceptors (Lipinski definition) is 5. The van der Waals surface area contributed by atoms with E-state index >= 15 is 0 Å². The number of fused-ring (bicyclic) bond motifs is 1. The number of ether oxygens (including phenoxy) is 2. The van der Waals surface area contributed by atoms with E-state index in [9.17, 15) is 4.79 Å². The number of aromatic nitrogens is 1. The van der Waals surface area contributed by atoms with Crippen molar-refractivity contribution in [2.45, 2.75) is 13.8 Å². The minimum absolute atomic E-state index is 0.0715. The van der Waals surface area contributed by atoms with Crippen LogP contribution in [0, 0.1) is 13.8 Å². The van der Waals surface area contributed by atoms with Crippen LogP contribution in [0.15, 0.2) is 41.8 Å². The molecule has 1 amide bonds. The molecule has 2 aliphatic heterocycles. The van der Waals surface area contributed by atoms with Gasteiger partial charge in [0, 0.05) is 29.7 Å². The van der Waals surface area contributed by atoms with E-state index < -0.39 is 0 Å². The van der Waals surface area contributed by atoms with Gasteiger partial charge in [-0.3, -0.25) is 9.69 Å². The molecule has 0 atom stereocenters. The van der Waals surface area contributed by atoms with Crippen molar-refractivity contribution in [3.05, 3.63) is 58.8 Å². The Morgan fingerprint density at radius 1 is 1.26 bits per heavy atom. The zero-order valence-electron chi connectivity index (χ0n) is 15.0. The minimum atomic E-state index is -0.0715. The number of rotatable bonds is 4. The number of nitrogens with zero attached hydrogens (tertiary/aromatic N) is 2. The van der Waals surface area contributed by atoms with Gasteiger partial charge in [0.2, 0.25) is 6.79 Å². The van der Waals surface area contributed by atoms with E-state index in [2.05, 4.69) is 17.2 Å². The highest BCUT2D eigenvalue weighted by Crippen LogP contribution is 2.36. The van der Waals surface area contributed by atoms with Gasteiger partial charge in [-0.25, -0.2) is 0 Å². The third-order valence-corrected chi connectivity index (χ3v) is 5.93. The second kappa shape index (κ2) is 6.90. The molecule has 7 heteroatoms. The number of aryl methyl sites for hydroxylation is 1. The lowest BCUT2D eigenvalue weighted by molar-refractivity contribution is -0.121. The number of thioether (sulfide) groups is 1. The van der Waals surface area contributed by atoms with Gasteiger partial charge in [0.15, 0.2) is 11.5 Å². The van der Waals surface area contributed by atoms with Gasteiger partial charge in [0.1, 0.15) is 4.32 Å². The molecule has 5 nitrogen and oxygen atoms in total. The molecular weight excluding hydrogens is 380 g/mol. The summed E-state index contributed by atoms with van der Waals surface area (Å²) in [5, 5.41) is 0. The molecule has 0 bridgehead atoms. The lowest BCUT2D eigenvalue weighted by atomic mass is 10.2. The summed E-state index contributed by atoms with van der Waals surface area (Å²) in [7, 11) is 0. The molecule has 0 N–H and O–H groups in total. The van der Waals surface area contributed by atoms with Crippen molar-refractivity contribution in [3.63, 3.8) is 0 Å². The zero-order chi connectivity index (χ0) is 19.1. The standard InChI is InChI=1S/C20H18N2O3S2/c1-4-7-21-19(23)18(27-20(21)26)9-14-8-12(2)22(13(14)3)15-5-6-16-17(10-15)25-11-24-16/h4-6,8-10H,1,7,11H2,2-3H3/b18-9-. The van der Waals surface area contributed by atoms with E-state index in [1.165, 1.54) is 11.8 Å². The Morgan fingerprint density at radius 2 is 2.04 bits per heavy atom. The van der Waals surface area contributed by atoms with Crippen molar-refractivity contribution in [2.24, 2.45) is 0 Å². The van der Waals surface area contributed by atoms with Crippen LogP contribution in [0.1, 0.15) is 17.0 Å². The van der Waals surface area contributed by atoms with Crippen LogP contribution >= 0.6 is 24.0 Å². The first-order chi connectivity index (χ1) is 13.0. The molecule has 3 heterocycles. The van der Waals surface area contributed by atoms with Crippen LogP contribution in [-0.2, 0) is 4.79 Å². The van der Waals surface area contributed by atoms with Gasteiger partial charge in [-0.2, -0.15) is 0 Å². The van der Waals surface area contributed by atoms with Crippen LogP contribution in [0.3, 0.4) is 0 Å². The number of benzene rings is 1. The maximum Gasteiger partial charge on any atom is 0.266 e. The quantitative estimate of drug-likeness (QED) is 0.439. The molecule has 2 aliphatic rings. The molecule has 1 saturated heterocycles. The summed E-state index contributed by atoms with van der Waals surface area (Å²) in [5.74, 6) is 1.43. The first kappa shape index (κ1) is 17.9. The fourth-order valence-electron chi connectivity index (χ4n) is 3.28. The lowest BCUT2D eigenvalue weighted by Gasteiger charge is -2.11. The van der Waals surface area contributed by atoms with Crippen molar-refractivity contribution >= 4 is 40.3 Å². The first-order valence-corrected chi connectivity index (χ1v) is 9.67. The minimum Gasteiger partial charge on any atom is -0.454 e. The highest BCUT2D eigenvalue weighted by atomic mass is 32.2. The Morgan fingerprint density at radius 3 is 2.81 bits per heavy atom. The van der Waals surface area contributed by atoms with Gasteiger partial charge in [0.05, 0.1) is 4.91 Å². The summed E-state index contributed by atoms with van der Waals surface area (Å²) in [6.07, 6.45) is 3.59. The van der Waals surface area contributed by atoms with Crippen molar-refractivity contribution in [1.29, 1.82) is 0 Å². The molecule has 0 saturated carbocycles. The van der Waals surface area contributed by atoms with E-state index in [-0.39, 0.29) is 12.7 Å². The lowest BCUT2D eigenvalue weighted by Crippen LogP contribution is -2.27. The SMILES string of the molecule is C=CCN1C(=O)/C(=C/c2cc(C)n(-c3ccc4c(c3)OCO4)c2C)SC1=S. The second-order valence-electron chi connectivity index (χ2n) is 6.28. The molecule has 1 aromatic heterocycles. The summed E-state index contributed by atoms with van der Waals surface area (Å²) in [6, 6.07) is 7.95. The average molecular weight is 399 g/mol. The number of thiocarbonyl (C=S) groups is 1. The van der Waals surface area contributed by atoms with Gasteiger partial charge in [0.25, 0.3) is 5.91 Å². The predicted molar refractivity (Wildman–Crippen MR) is 111 cm³/mol. The molecule has 1 aromatic carbocycles. The van der Waals surface area contributed by atoms with Gasteiger partial charge < -0.3 is 14.0 Å². The third-order valence-electron chi connectivity index (χ3n) is 4.56. The van der Waals surface area contributed by atoms with E-state index in [0.29, 0.717) is 15.8 Å². The average Bonchev–Trinajstić information content (AvgIpc) is 3.28. The molecule has 0 unspecified atom stereocenters. The summed E-state index contributed by atoms with van der Waals surface area (Å²) in [5.41, 5.74) is 4.09. The summed E-state index contributed by atoms with van der Waals surface area (Å²) >= 11 is 6.64. The van der Waals surface area contributed by atoms with Crippen LogP contribution in [0.4, 0.5) is 0 Å². The van der Waals surface area contributed by atoms with Gasteiger partial charge in [-0.1, -0.05) is 30.1 Å². The Balaban J connectivity index is 1.71. The van der Waals surface area contributed by atoms with Gasteiger partial charge >= 0.3 is 0 Å². The Labute approximate surface area is 167 Å². The van der Waals surface area contributed by atoms with Crippen LogP contribution in [0.2, 0.25) is 0 Å². The third kappa shape index (κ3) is 3.07. The Bertz CT molecular complexity index is 1010. The fraction of sp³-hybridized carbons (Fsp3) is 0.200. The number of amides is 1. The van der Waals surface area contributed by atoms with Gasteiger partial charge in [-0.15, -0.1) is 6.58 Å². The van der Waals surface area contributed by atoms with Crippen molar-refractivity contribution in [3.8, 4) is 17.2 Å². The molecule has 4 rings (SSSR count). The molecule has 0 aliphatic carbocycles. The largest absolute Gasteiger partial charge is 0.454 e. The van der Waals surface area contributed by atoms with E-state index in [1.807, 2.05) is 38.1 Å². The van der Waals surface area contributed by atoms with E-state index in [0.717, 1.165) is 34.1 Å². The van der Waals surface area contributed by atoms with Crippen LogP contribution in [0.25, 0.3) is 11.8 Å². The van der Waals surface area contributed by atoms with Crippen LogP contribution in [-0.4, -0.2) is 33.0 Å². The molecular formula is C20H18N2O3S2. The van der Waals surface area contributed by atoms with Crippen molar-refractivity contribution in [1.82, 2.24) is 9.47 Å².